The maximum Gasteiger partial charge on any atom is 0.339 e. The first-order valence-corrected chi connectivity index (χ1v) is 12.3. The molecule has 0 aromatic heterocycles. The molecule has 0 spiro atoms. The summed E-state index contributed by atoms with van der Waals surface area (Å²) in [4.78, 5) is 38.5. The molecule has 0 unspecified atom stereocenters. The molecule has 0 saturated carbocycles. The van der Waals surface area contributed by atoms with Gasteiger partial charge < -0.3 is 8.92 Å². The Morgan fingerprint density at radius 1 is 0.917 bits per heavy atom. The van der Waals surface area contributed by atoms with Crippen molar-refractivity contribution in [2.24, 2.45) is 0 Å². The molecule has 1 aliphatic heterocycles. The van der Waals surface area contributed by atoms with E-state index in [-0.39, 0.29) is 32.7 Å². The number of para-hydroxylation sites is 1. The molecule has 12 heteroatoms. The quantitative estimate of drug-likeness (QED) is 0.275. The van der Waals surface area contributed by atoms with Crippen LogP contribution in [-0.4, -0.2) is 33.4 Å². The number of halogens is 2. The lowest BCUT2D eigenvalue weighted by molar-refractivity contribution is -0.122. The van der Waals surface area contributed by atoms with Crippen LogP contribution in [0.1, 0.15) is 5.56 Å². The number of nitrogens with zero attached hydrogens (tertiary/aromatic N) is 1. The molecule has 1 fully saturated rings. The van der Waals surface area contributed by atoms with Crippen molar-refractivity contribution in [3.8, 4) is 11.5 Å². The lowest BCUT2D eigenvalue weighted by Gasteiger charge is -2.27. The number of methoxy groups -OCH3 is 1. The van der Waals surface area contributed by atoms with Gasteiger partial charge in [0.05, 0.1) is 17.8 Å². The third-order valence-corrected chi connectivity index (χ3v) is 6.82. The first kappa shape index (κ1) is 25.2. The van der Waals surface area contributed by atoms with Crippen LogP contribution < -0.4 is 19.1 Å². The van der Waals surface area contributed by atoms with Crippen LogP contribution in [0, 0.1) is 0 Å². The van der Waals surface area contributed by atoms with E-state index in [1.54, 1.807) is 12.1 Å². The fraction of sp³-hybridized carbons (Fsp3) is 0.0417. The molecule has 36 heavy (non-hydrogen) atoms. The fourth-order valence-electron chi connectivity index (χ4n) is 3.29. The van der Waals surface area contributed by atoms with Crippen molar-refractivity contribution in [1.29, 1.82) is 0 Å². The number of urea groups is 1. The summed E-state index contributed by atoms with van der Waals surface area (Å²) in [6, 6.07) is 14.7. The Labute approximate surface area is 216 Å². The largest absolute Gasteiger partial charge is 0.493 e. The van der Waals surface area contributed by atoms with Crippen molar-refractivity contribution < 1.29 is 31.7 Å². The topological polar surface area (TPSA) is 119 Å². The second-order valence-electron chi connectivity index (χ2n) is 7.31. The Balaban J connectivity index is 1.66. The number of hydrogen-bond acceptors (Lipinski definition) is 7. The van der Waals surface area contributed by atoms with Gasteiger partial charge in [0, 0.05) is 5.02 Å². The molecule has 0 radical (unpaired) electrons. The highest BCUT2D eigenvalue weighted by Gasteiger charge is 2.37. The van der Waals surface area contributed by atoms with Gasteiger partial charge in [0.25, 0.3) is 11.8 Å². The molecule has 0 aliphatic carbocycles. The van der Waals surface area contributed by atoms with E-state index in [0.717, 1.165) is 4.90 Å². The maximum absolute atomic E-state index is 13.1. The second-order valence-corrected chi connectivity index (χ2v) is 9.70. The lowest BCUT2D eigenvalue weighted by atomic mass is 10.1. The zero-order valence-corrected chi connectivity index (χ0v) is 20.7. The van der Waals surface area contributed by atoms with Crippen molar-refractivity contribution in [2.75, 3.05) is 12.0 Å². The van der Waals surface area contributed by atoms with Gasteiger partial charge in [-0.05, 0) is 60.2 Å². The number of hydrogen-bond donors (Lipinski definition) is 1. The third-order valence-electron chi connectivity index (χ3n) is 5.00. The second kappa shape index (κ2) is 10.0. The number of carbonyl (C=O) groups is 3. The monoisotopic (exact) mass is 546 g/mol. The summed E-state index contributed by atoms with van der Waals surface area (Å²) in [5.41, 5.74) is 0.0582. The number of benzene rings is 3. The Kier molecular flexibility index (Phi) is 7.02. The summed E-state index contributed by atoms with van der Waals surface area (Å²) < 4.78 is 35.7. The number of imide groups is 2. The van der Waals surface area contributed by atoms with Gasteiger partial charge in [0.1, 0.15) is 10.5 Å². The van der Waals surface area contributed by atoms with Crippen LogP contribution in [-0.2, 0) is 19.7 Å². The SMILES string of the molecule is COc1cc(/C=C2\C(=O)NC(=O)N(c3ccccc3Cl)C2=O)ccc1OS(=O)(=O)c1ccc(Cl)cc1. The van der Waals surface area contributed by atoms with E-state index in [1.165, 1.54) is 67.8 Å². The number of barbiturate groups is 1. The molecule has 0 atom stereocenters. The molecule has 3 aromatic rings. The average Bonchev–Trinajstić information content (AvgIpc) is 2.83. The highest BCUT2D eigenvalue weighted by atomic mass is 35.5. The van der Waals surface area contributed by atoms with Gasteiger partial charge in [-0.25, -0.2) is 9.69 Å². The van der Waals surface area contributed by atoms with E-state index < -0.39 is 28.0 Å². The van der Waals surface area contributed by atoms with E-state index in [0.29, 0.717) is 10.6 Å². The highest BCUT2D eigenvalue weighted by Crippen LogP contribution is 2.33. The molecule has 1 heterocycles. The summed E-state index contributed by atoms with van der Waals surface area (Å²) in [7, 11) is -2.90. The zero-order valence-electron chi connectivity index (χ0n) is 18.4. The van der Waals surface area contributed by atoms with Gasteiger partial charge in [0.2, 0.25) is 0 Å². The molecular formula is C24H16Cl2N2O7S. The molecular weight excluding hydrogens is 531 g/mol. The molecule has 1 aliphatic rings. The van der Waals surface area contributed by atoms with E-state index in [9.17, 15) is 22.8 Å². The summed E-state index contributed by atoms with van der Waals surface area (Å²) >= 11 is 11.9. The predicted molar refractivity (Wildman–Crippen MR) is 133 cm³/mol. The molecule has 1 saturated heterocycles. The summed E-state index contributed by atoms with van der Waals surface area (Å²) in [6.07, 6.45) is 1.23. The van der Waals surface area contributed by atoms with Crippen molar-refractivity contribution >= 4 is 62.9 Å². The molecule has 9 nitrogen and oxygen atoms in total. The van der Waals surface area contributed by atoms with E-state index in [1.807, 2.05) is 0 Å². The lowest BCUT2D eigenvalue weighted by Crippen LogP contribution is -2.54. The van der Waals surface area contributed by atoms with Crippen molar-refractivity contribution in [1.82, 2.24) is 5.32 Å². The van der Waals surface area contributed by atoms with Crippen molar-refractivity contribution in [3.63, 3.8) is 0 Å². The summed E-state index contributed by atoms with van der Waals surface area (Å²) in [5, 5.41) is 2.60. The number of carbonyl (C=O) groups excluding carboxylic acids is 3. The highest BCUT2D eigenvalue weighted by molar-refractivity contribution is 7.87. The minimum absolute atomic E-state index is 0.0181. The van der Waals surface area contributed by atoms with Gasteiger partial charge in [-0.15, -0.1) is 0 Å². The third kappa shape index (κ3) is 5.06. The van der Waals surface area contributed by atoms with E-state index >= 15 is 0 Å². The first-order chi connectivity index (χ1) is 17.1. The summed E-state index contributed by atoms with van der Waals surface area (Å²) in [5.74, 6) is -1.90. The standard InChI is InChI=1S/C24H16Cl2N2O7S/c1-34-21-13-14(6-11-20(21)35-36(32,33)16-9-7-15(25)8-10-16)12-17-22(29)27-24(31)28(23(17)30)19-5-3-2-4-18(19)26/h2-13H,1H3,(H,27,29,31)/b17-12+. The Morgan fingerprint density at radius 3 is 2.28 bits per heavy atom. The summed E-state index contributed by atoms with van der Waals surface area (Å²) in [6.45, 7) is 0. The molecule has 0 bridgehead atoms. The van der Waals surface area contributed by atoms with Crippen LogP contribution in [0.3, 0.4) is 0 Å². The number of rotatable bonds is 6. The normalized spacial score (nSPS) is 15.1. The van der Waals surface area contributed by atoms with Crippen LogP contribution >= 0.6 is 23.2 Å². The van der Waals surface area contributed by atoms with E-state index in [2.05, 4.69) is 5.32 Å². The first-order valence-electron chi connectivity index (χ1n) is 10.1. The number of anilines is 1. The van der Waals surface area contributed by atoms with Crippen LogP contribution in [0.5, 0.6) is 11.5 Å². The smallest absolute Gasteiger partial charge is 0.339 e. The number of amides is 4. The Bertz CT molecular complexity index is 1520. The molecule has 184 valence electrons. The van der Waals surface area contributed by atoms with E-state index in [4.69, 9.17) is 32.1 Å². The molecule has 1 N–H and O–H groups in total. The molecule has 4 rings (SSSR count). The van der Waals surface area contributed by atoms with Crippen LogP contribution in [0.2, 0.25) is 10.0 Å². The maximum atomic E-state index is 13.1. The van der Waals surface area contributed by atoms with Gasteiger partial charge in [-0.2, -0.15) is 8.42 Å². The minimum Gasteiger partial charge on any atom is -0.493 e. The Hall–Kier alpha value is -3.86. The zero-order chi connectivity index (χ0) is 26.0. The van der Waals surface area contributed by atoms with Gasteiger partial charge in [0.15, 0.2) is 11.5 Å². The van der Waals surface area contributed by atoms with Crippen LogP contribution in [0.4, 0.5) is 10.5 Å². The minimum atomic E-state index is -4.20. The van der Waals surface area contributed by atoms with Gasteiger partial charge in [-0.3, -0.25) is 14.9 Å². The van der Waals surface area contributed by atoms with Gasteiger partial charge in [-0.1, -0.05) is 41.4 Å². The molecule has 4 amide bonds. The van der Waals surface area contributed by atoms with Crippen LogP contribution in [0.25, 0.3) is 6.08 Å². The Morgan fingerprint density at radius 2 is 1.61 bits per heavy atom. The van der Waals surface area contributed by atoms with Crippen molar-refractivity contribution in [2.45, 2.75) is 4.90 Å². The number of nitrogens with one attached hydrogen (secondary N) is 1. The fourth-order valence-corrected chi connectivity index (χ4v) is 4.57. The molecule has 3 aromatic carbocycles. The predicted octanol–water partition coefficient (Wildman–Crippen LogP) is 4.44. The average molecular weight is 547 g/mol. The van der Waals surface area contributed by atoms with Crippen LogP contribution in [0.15, 0.2) is 77.2 Å². The number of ether oxygens (including phenoxy) is 1. The van der Waals surface area contributed by atoms with Crippen molar-refractivity contribution in [3.05, 3.63) is 87.9 Å². The van der Waals surface area contributed by atoms with Gasteiger partial charge >= 0.3 is 16.1 Å².